The molecule has 6 heteroatoms. The Morgan fingerprint density at radius 3 is 2.84 bits per heavy atom. The van der Waals surface area contributed by atoms with Gasteiger partial charge in [-0.05, 0) is 24.6 Å². The molecule has 0 aliphatic carbocycles. The number of methoxy groups -OCH3 is 1. The van der Waals surface area contributed by atoms with Crippen LogP contribution >= 0.6 is 27.3 Å². The number of aromatic nitrogens is 1. The number of rotatable bonds is 7. The maximum Gasteiger partial charge on any atom is 0.182 e. The van der Waals surface area contributed by atoms with Crippen molar-refractivity contribution >= 4 is 32.4 Å². The quantitative estimate of drug-likeness (QED) is 0.556. The van der Waals surface area contributed by atoms with Gasteiger partial charge in [-0.25, -0.2) is 4.98 Å². The zero-order valence-electron chi connectivity index (χ0n) is 14.1. The van der Waals surface area contributed by atoms with Crippen molar-refractivity contribution in [1.82, 2.24) is 4.98 Å². The van der Waals surface area contributed by atoms with Gasteiger partial charge in [-0.1, -0.05) is 45.8 Å². The molecule has 0 aliphatic heterocycles. The zero-order chi connectivity index (χ0) is 17.6. The van der Waals surface area contributed by atoms with Crippen molar-refractivity contribution in [2.75, 3.05) is 12.4 Å². The van der Waals surface area contributed by atoms with E-state index in [1.807, 2.05) is 23.6 Å². The number of aryl methyl sites for hydroxylation is 1. The average Bonchev–Trinajstić information content (AvgIpc) is 3.12. The molecular weight excluding hydrogens is 400 g/mol. The molecule has 25 heavy (non-hydrogen) atoms. The molecule has 3 aromatic rings. The number of hydrogen-bond donors (Lipinski definition) is 1. The van der Waals surface area contributed by atoms with E-state index in [1.165, 1.54) is 5.56 Å². The Labute approximate surface area is 160 Å². The lowest BCUT2D eigenvalue weighted by molar-refractivity contribution is 0.281. The largest absolute Gasteiger partial charge is 0.493 e. The fourth-order valence-corrected chi connectivity index (χ4v) is 3.48. The number of nitrogens with zero attached hydrogens (tertiary/aromatic N) is 1. The van der Waals surface area contributed by atoms with Crippen LogP contribution in [0, 0.1) is 6.92 Å². The Kier molecular flexibility index (Phi) is 5.94. The smallest absolute Gasteiger partial charge is 0.182 e. The predicted octanol–water partition coefficient (Wildman–Crippen LogP) is 5.41. The minimum atomic E-state index is 0.485. The summed E-state index contributed by atoms with van der Waals surface area (Å²) < 4.78 is 12.6. The number of hydrogen-bond acceptors (Lipinski definition) is 5. The molecule has 0 radical (unpaired) electrons. The van der Waals surface area contributed by atoms with Crippen molar-refractivity contribution in [3.8, 4) is 11.5 Å². The summed E-state index contributed by atoms with van der Waals surface area (Å²) in [6, 6.07) is 12.2. The molecule has 0 saturated carbocycles. The molecule has 0 amide bonds. The third-order valence-electron chi connectivity index (χ3n) is 3.70. The van der Waals surface area contributed by atoms with Gasteiger partial charge in [0.15, 0.2) is 16.6 Å². The van der Waals surface area contributed by atoms with Crippen LogP contribution in [0.1, 0.15) is 16.7 Å². The maximum atomic E-state index is 6.14. The molecule has 1 heterocycles. The van der Waals surface area contributed by atoms with Gasteiger partial charge in [0.1, 0.15) is 6.61 Å². The van der Waals surface area contributed by atoms with Gasteiger partial charge >= 0.3 is 0 Å². The Bertz CT molecular complexity index is 837. The van der Waals surface area contributed by atoms with Gasteiger partial charge in [0.05, 0.1) is 7.11 Å². The number of anilines is 1. The second-order valence-electron chi connectivity index (χ2n) is 5.53. The molecule has 0 fully saturated rings. The van der Waals surface area contributed by atoms with Crippen molar-refractivity contribution in [2.45, 2.75) is 20.1 Å². The van der Waals surface area contributed by atoms with E-state index in [4.69, 9.17) is 9.47 Å². The molecule has 0 unspecified atom stereocenters. The van der Waals surface area contributed by atoms with Crippen molar-refractivity contribution < 1.29 is 9.47 Å². The summed E-state index contributed by atoms with van der Waals surface area (Å²) in [5, 5.41) is 6.14. The van der Waals surface area contributed by atoms with Crippen molar-refractivity contribution in [1.29, 1.82) is 0 Å². The molecule has 0 atom stereocenters. The van der Waals surface area contributed by atoms with Gasteiger partial charge in [-0.2, -0.15) is 0 Å². The summed E-state index contributed by atoms with van der Waals surface area (Å²) in [6.45, 7) is 3.15. The SMILES string of the molecule is COc1ccc(Br)c(CNc2nccs2)c1OCc1cccc(C)c1. The number of ether oxygens (including phenoxy) is 2. The molecule has 2 aromatic carbocycles. The van der Waals surface area contributed by atoms with E-state index in [2.05, 4.69) is 51.4 Å². The van der Waals surface area contributed by atoms with E-state index in [9.17, 15) is 0 Å². The fourth-order valence-electron chi connectivity index (χ4n) is 2.50. The van der Waals surface area contributed by atoms with Crippen molar-refractivity contribution in [3.63, 3.8) is 0 Å². The topological polar surface area (TPSA) is 43.4 Å². The van der Waals surface area contributed by atoms with Crippen LogP contribution in [0.2, 0.25) is 0 Å². The standard InChI is InChI=1S/C19H19BrN2O2S/c1-13-4-3-5-14(10-13)12-24-18-15(11-22-19-21-8-9-25-19)16(20)6-7-17(18)23-2/h3-10H,11-12H2,1-2H3,(H,21,22). The molecule has 0 saturated heterocycles. The molecule has 0 spiro atoms. The lowest BCUT2D eigenvalue weighted by Crippen LogP contribution is -2.06. The summed E-state index contributed by atoms with van der Waals surface area (Å²) in [5.74, 6) is 1.45. The van der Waals surface area contributed by atoms with Gasteiger partial charge in [0.25, 0.3) is 0 Å². The normalized spacial score (nSPS) is 10.5. The highest BCUT2D eigenvalue weighted by Crippen LogP contribution is 2.37. The monoisotopic (exact) mass is 418 g/mol. The second kappa shape index (κ2) is 8.36. The maximum absolute atomic E-state index is 6.14. The van der Waals surface area contributed by atoms with E-state index in [-0.39, 0.29) is 0 Å². The summed E-state index contributed by atoms with van der Waals surface area (Å²) >= 11 is 5.19. The van der Waals surface area contributed by atoms with Gasteiger partial charge in [-0.3, -0.25) is 0 Å². The van der Waals surface area contributed by atoms with E-state index >= 15 is 0 Å². The number of nitrogens with one attached hydrogen (secondary N) is 1. The van der Waals surface area contributed by atoms with E-state index in [0.717, 1.165) is 26.5 Å². The van der Waals surface area contributed by atoms with Crippen molar-refractivity contribution in [2.24, 2.45) is 0 Å². The highest BCUT2D eigenvalue weighted by atomic mass is 79.9. The van der Waals surface area contributed by atoms with Gasteiger partial charge in [-0.15, -0.1) is 11.3 Å². The summed E-state index contributed by atoms with van der Waals surface area (Å²) in [4.78, 5) is 4.26. The first-order chi connectivity index (χ1) is 12.2. The Balaban J connectivity index is 1.83. The van der Waals surface area contributed by atoms with Crippen LogP contribution in [0.3, 0.4) is 0 Å². The van der Waals surface area contributed by atoms with Crippen LogP contribution in [-0.2, 0) is 13.2 Å². The molecule has 1 N–H and O–H groups in total. The summed E-state index contributed by atoms with van der Waals surface area (Å²) in [7, 11) is 1.65. The van der Waals surface area contributed by atoms with Gasteiger partial charge in [0.2, 0.25) is 0 Å². The lowest BCUT2D eigenvalue weighted by Gasteiger charge is -2.17. The van der Waals surface area contributed by atoms with Crippen molar-refractivity contribution in [3.05, 3.63) is 69.1 Å². The predicted molar refractivity (Wildman–Crippen MR) is 106 cm³/mol. The van der Waals surface area contributed by atoms with Gasteiger partial charge in [0, 0.05) is 28.2 Å². The number of thiazole rings is 1. The zero-order valence-corrected chi connectivity index (χ0v) is 16.5. The first kappa shape index (κ1) is 17.8. The third-order valence-corrected chi connectivity index (χ3v) is 5.18. The Hall–Kier alpha value is -2.05. The van der Waals surface area contributed by atoms with Gasteiger partial charge < -0.3 is 14.8 Å². The molecule has 0 aliphatic rings. The summed E-state index contributed by atoms with van der Waals surface area (Å²) in [6.07, 6.45) is 1.78. The van der Waals surface area contributed by atoms with Crippen LogP contribution in [0.4, 0.5) is 5.13 Å². The highest BCUT2D eigenvalue weighted by molar-refractivity contribution is 9.10. The molecule has 4 nitrogen and oxygen atoms in total. The van der Waals surface area contributed by atoms with Crippen LogP contribution in [-0.4, -0.2) is 12.1 Å². The first-order valence-corrected chi connectivity index (χ1v) is 9.51. The molecular formula is C19H19BrN2O2S. The molecule has 1 aromatic heterocycles. The molecule has 130 valence electrons. The number of benzene rings is 2. The molecule has 3 rings (SSSR count). The first-order valence-electron chi connectivity index (χ1n) is 7.84. The minimum absolute atomic E-state index is 0.485. The van der Waals surface area contributed by atoms with Crippen LogP contribution in [0.15, 0.2) is 52.4 Å². The summed E-state index contributed by atoms with van der Waals surface area (Å²) in [5.41, 5.74) is 3.34. The number of halogens is 1. The van der Waals surface area contributed by atoms with E-state index in [1.54, 1.807) is 24.6 Å². The van der Waals surface area contributed by atoms with Crippen LogP contribution in [0.25, 0.3) is 0 Å². The molecule has 0 bridgehead atoms. The van der Waals surface area contributed by atoms with E-state index in [0.29, 0.717) is 18.9 Å². The minimum Gasteiger partial charge on any atom is -0.493 e. The van der Waals surface area contributed by atoms with Crippen LogP contribution in [0.5, 0.6) is 11.5 Å². The fraction of sp³-hybridized carbons (Fsp3) is 0.211. The second-order valence-corrected chi connectivity index (χ2v) is 7.27. The van der Waals surface area contributed by atoms with Crippen LogP contribution < -0.4 is 14.8 Å². The Morgan fingerprint density at radius 2 is 2.12 bits per heavy atom. The Morgan fingerprint density at radius 1 is 1.24 bits per heavy atom. The van der Waals surface area contributed by atoms with E-state index < -0.39 is 0 Å². The highest BCUT2D eigenvalue weighted by Gasteiger charge is 2.15. The average molecular weight is 419 g/mol. The lowest BCUT2D eigenvalue weighted by atomic mass is 10.1. The third kappa shape index (κ3) is 4.52.